The van der Waals surface area contributed by atoms with Gasteiger partial charge >= 0.3 is 5.82 Å². The van der Waals surface area contributed by atoms with Crippen molar-refractivity contribution < 1.29 is 4.92 Å². The van der Waals surface area contributed by atoms with E-state index >= 15 is 0 Å². The summed E-state index contributed by atoms with van der Waals surface area (Å²) in [5, 5.41) is 15.8. The molecule has 0 fully saturated rings. The highest BCUT2D eigenvalue weighted by Crippen LogP contribution is 2.20. The number of hydrogen-bond acceptors (Lipinski definition) is 5. The van der Waals surface area contributed by atoms with Gasteiger partial charge in [-0.25, -0.2) is 0 Å². The minimum atomic E-state index is -0.479. The molecule has 2 aromatic rings. The molecule has 0 amide bonds. The molecule has 0 spiro atoms. The summed E-state index contributed by atoms with van der Waals surface area (Å²) >= 11 is 1.68. The summed E-state index contributed by atoms with van der Waals surface area (Å²) in [4.78, 5) is 15.2. The molecule has 0 saturated carbocycles. The summed E-state index contributed by atoms with van der Waals surface area (Å²) in [6.45, 7) is 0.660. The summed E-state index contributed by atoms with van der Waals surface area (Å²) in [6.07, 6.45) is 2.27. The van der Waals surface area contributed by atoms with Crippen LogP contribution in [0.15, 0.2) is 35.8 Å². The summed E-state index contributed by atoms with van der Waals surface area (Å²) in [5.41, 5.74) is 0.467. The summed E-state index contributed by atoms with van der Waals surface area (Å²) in [6, 6.07) is 7.39. The normalized spacial score (nSPS) is 10.1. The fourth-order valence-electron chi connectivity index (χ4n) is 1.46. The van der Waals surface area contributed by atoms with Crippen LogP contribution in [0.2, 0.25) is 0 Å². The van der Waals surface area contributed by atoms with Gasteiger partial charge < -0.3 is 15.4 Å². The van der Waals surface area contributed by atoms with Gasteiger partial charge in [-0.15, -0.1) is 11.3 Å². The van der Waals surface area contributed by atoms with E-state index < -0.39 is 4.92 Å². The van der Waals surface area contributed by atoms with Crippen LogP contribution in [-0.2, 0) is 6.42 Å². The Morgan fingerprint density at radius 3 is 3.00 bits per heavy atom. The monoisotopic (exact) mass is 249 g/mol. The van der Waals surface area contributed by atoms with Crippen molar-refractivity contribution in [1.82, 2.24) is 4.98 Å². The molecule has 5 nitrogen and oxygen atoms in total. The van der Waals surface area contributed by atoms with Gasteiger partial charge in [-0.2, -0.15) is 0 Å². The number of pyridine rings is 1. The average molecular weight is 249 g/mol. The van der Waals surface area contributed by atoms with Crippen molar-refractivity contribution in [2.45, 2.75) is 6.42 Å². The lowest BCUT2D eigenvalue weighted by atomic mass is 10.3. The van der Waals surface area contributed by atoms with Gasteiger partial charge in [-0.05, 0) is 39.9 Å². The molecule has 0 bridgehead atoms. The smallest absolute Gasteiger partial charge is 0.378 e. The number of thiophene rings is 1. The van der Waals surface area contributed by atoms with E-state index in [1.807, 2.05) is 17.5 Å². The van der Waals surface area contributed by atoms with E-state index in [-0.39, 0.29) is 5.82 Å². The molecular weight excluding hydrogens is 238 g/mol. The minimum absolute atomic E-state index is 0.126. The van der Waals surface area contributed by atoms with Crippen LogP contribution in [0.5, 0.6) is 0 Å². The van der Waals surface area contributed by atoms with Gasteiger partial charge in [0, 0.05) is 11.4 Å². The first-order valence-electron chi connectivity index (χ1n) is 5.13. The third-order valence-corrected chi connectivity index (χ3v) is 3.16. The van der Waals surface area contributed by atoms with Crippen LogP contribution in [0.25, 0.3) is 0 Å². The number of anilines is 1. The third-order valence-electron chi connectivity index (χ3n) is 2.23. The Kier molecular flexibility index (Phi) is 3.66. The van der Waals surface area contributed by atoms with Gasteiger partial charge in [0.05, 0.1) is 0 Å². The van der Waals surface area contributed by atoms with Gasteiger partial charge in [0.1, 0.15) is 11.9 Å². The molecule has 2 heterocycles. The lowest BCUT2D eigenvalue weighted by molar-refractivity contribution is -0.388. The highest BCUT2D eigenvalue weighted by molar-refractivity contribution is 7.09. The Morgan fingerprint density at radius 2 is 2.29 bits per heavy atom. The highest BCUT2D eigenvalue weighted by Gasteiger charge is 2.12. The van der Waals surface area contributed by atoms with E-state index in [9.17, 15) is 10.1 Å². The minimum Gasteiger partial charge on any atom is -0.378 e. The first kappa shape index (κ1) is 11.5. The number of rotatable bonds is 5. The Bertz CT molecular complexity index is 499. The fraction of sp³-hybridized carbons (Fsp3) is 0.182. The zero-order chi connectivity index (χ0) is 12.1. The van der Waals surface area contributed by atoms with Crippen molar-refractivity contribution in [2.24, 2.45) is 0 Å². The molecule has 0 aromatic carbocycles. The maximum Gasteiger partial charge on any atom is 0.386 e. The molecule has 1 N–H and O–H groups in total. The molecule has 17 heavy (non-hydrogen) atoms. The van der Waals surface area contributed by atoms with Crippen LogP contribution in [0.4, 0.5) is 11.5 Å². The number of aromatic nitrogens is 1. The predicted molar refractivity (Wildman–Crippen MR) is 67.4 cm³/mol. The van der Waals surface area contributed by atoms with Gasteiger partial charge in [-0.3, -0.25) is 0 Å². The summed E-state index contributed by atoms with van der Waals surface area (Å²) in [5.74, 6) is -0.126. The van der Waals surface area contributed by atoms with Crippen molar-refractivity contribution in [3.8, 4) is 0 Å². The Balaban J connectivity index is 1.97. The standard InChI is InChI=1S/C11H11N3O2S/c15-14(16)11-10(4-1-6-13-11)12-7-5-9-3-2-8-17-9/h1-4,6,8,12H,5,7H2. The van der Waals surface area contributed by atoms with Crippen LogP contribution in [0, 0.1) is 10.1 Å². The first-order chi connectivity index (χ1) is 8.27. The van der Waals surface area contributed by atoms with Crippen molar-refractivity contribution in [3.63, 3.8) is 0 Å². The second kappa shape index (κ2) is 5.40. The second-order valence-corrected chi connectivity index (χ2v) is 4.42. The van der Waals surface area contributed by atoms with Crippen LogP contribution in [-0.4, -0.2) is 16.5 Å². The maximum atomic E-state index is 10.7. The lowest BCUT2D eigenvalue weighted by Crippen LogP contribution is -2.06. The molecule has 0 radical (unpaired) electrons. The lowest BCUT2D eigenvalue weighted by Gasteiger charge is -2.05. The molecule has 0 unspecified atom stereocenters. The summed E-state index contributed by atoms with van der Waals surface area (Å²) < 4.78 is 0. The van der Waals surface area contributed by atoms with Crippen molar-refractivity contribution in [3.05, 3.63) is 50.8 Å². The van der Waals surface area contributed by atoms with Crippen LogP contribution < -0.4 is 5.32 Å². The maximum absolute atomic E-state index is 10.7. The zero-order valence-corrected chi connectivity index (χ0v) is 9.81. The molecular formula is C11H11N3O2S. The molecule has 6 heteroatoms. The topological polar surface area (TPSA) is 68.1 Å². The molecule has 0 aliphatic rings. The van der Waals surface area contributed by atoms with Crippen LogP contribution in [0.1, 0.15) is 4.88 Å². The van der Waals surface area contributed by atoms with E-state index in [1.54, 1.807) is 23.5 Å². The van der Waals surface area contributed by atoms with E-state index in [0.29, 0.717) is 12.2 Å². The van der Waals surface area contributed by atoms with Crippen molar-refractivity contribution in [2.75, 3.05) is 11.9 Å². The highest BCUT2D eigenvalue weighted by atomic mass is 32.1. The van der Waals surface area contributed by atoms with Gasteiger partial charge in [0.25, 0.3) is 0 Å². The molecule has 0 saturated heterocycles. The molecule has 2 rings (SSSR count). The van der Waals surface area contributed by atoms with Gasteiger partial charge in [0.2, 0.25) is 0 Å². The predicted octanol–water partition coefficient (Wildman–Crippen LogP) is 2.71. The Hall–Kier alpha value is -1.95. The van der Waals surface area contributed by atoms with Gasteiger partial charge in [0.15, 0.2) is 0 Å². The van der Waals surface area contributed by atoms with Gasteiger partial charge in [-0.1, -0.05) is 6.07 Å². The van der Waals surface area contributed by atoms with E-state index in [2.05, 4.69) is 10.3 Å². The average Bonchev–Trinajstić information content (AvgIpc) is 2.82. The quantitative estimate of drug-likeness (QED) is 0.653. The Morgan fingerprint density at radius 1 is 1.41 bits per heavy atom. The molecule has 2 aromatic heterocycles. The zero-order valence-electron chi connectivity index (χ0n) is 9.00. The first-order valence-corrected chi connectivity index (χ1v) is 6.01. The fourth-order valence-corrected chi connectivity index (χ4v) is 2.16. The van der Waals surface area contributed by atoms with E-state index in [4.69, 9.17) is 0 Å². The van der Waals surface area contributed by atoms with E-state index in [1.165, 1.54) is 11.1 Å². The number of hydrogen-bond donors (Lipinski definition) is 1. The van der Waals surface area contributed by atoms with Crippen molar-refractivity contribution in [1.29, 1.82) is 0 Å². The SMILES string of the molecule is O=[N+]([O-])c1ncccc1NCCc1cccs1. The number of nitrogens with zero attached hydrogens (tertiary/aromatic N) is 2. The molecule has 0 aliphatic carbocycles. The second-order valence-electron chi connectivity index (χ2n) is 3.39. The number of nitrogens with one attached hydrogen (secondary N) is 1. The number of nitro groups is 1. The molecule has 0 atom stereocenters. The molecule has 88 valence electrons. The third kappa shape index (κ3) is 3.01. The summed E-state index contributed by atoms with van der Waals surface area (Å²) in [7, 11) is 0. The Labute approximate surface area is 102 Å². The van der Waals surface area contributed by atoms with Crippen LogP contribution in [0.3, 0.4) is 0 Å². The van der Waals surface area contributed by atoms with Crippen molar-refractivity contribution >= 4 is 22.8 Å². The van der Waals surface area contributed by atoms with Crippen LogP contribution >= 0.6 is 11.3 Å². The largest absolute Gasteiger partial charge is 0.386 e. The molecule has 0 aliphatic heterocycles. The van der Waals surface area contributed by atoms with E-state index in [0.717, 1.165) is 6.42 Å².